The van der Waals surface area contributed by atoms with Crippen LogP contribution < -0.4 is 41.0 Å². The number of carbonyl (C=O) groups is 2. The monoisotopic (exact) mass is 1210 g/mol. The summed E-state index contributed by atoms with van der Waals surface area (Å²) in [5.74, 6) is 2.00. The molecule has 2 saturated heterocycles. The van der Waals surface area contributed by atoms with E-state index in [1.807, 2.05) is 73.9 Å². The summed E-state index contributed by atoms with van der Waals surface area (Å²) in [6, 6.07) is 25.6. The zero-order valence-corrected chi connectivity index (χ0v) is 50.9. The van der Waals surface area contributed by atoms with E-state index >= 15 is 0 Å². The Labute approximate surface area is 496 Å². The van der Waals surface area contributed by atoms with Crippen molar-refractivity contribution >= 4 is 78.9 Å². The first kappa shape index (κ1) is 61.8. The topological polar surface area (TPSA) is 263 Å². The van der Waals surface area contributed by atoms with Gasteiger partial charge in [-0.25, -0.2) is 23.0 Å². The largest absolute Gasteiger partial charge is 0.494 e. The zero-order valence-electron chi connectivity index (χ0n) is 48.6. The summed E-state index contributed by atoms with van der Waals surface area (Å²) in [7, 11) is -0.948. The van der Waals surface area contributed by atoms with Crippen LogP contribution in [0, 0.1) is 22.7 Å². The number of nitrogens with one attached hydrogen (secondary N) is 2. The number of benzene rings is 3. The summed E-state index contributed by atoms with van der Waals surface area (Å²) in [5.41, 5.74) is 0.0979. The van der Waals surface area contributed by atoms with Crippen LogP contribution in [0.3, 0.4) is 0 Å². The van der Waals surface area contributed by atoms with E-state index < -0.39 is 43.9 Å². The predicted octanol–water partition coefficient (Wildman–Crippen LogP) is 9.20. The number of amides is 2. The Morgan fingerprint density at radius 3 is 1.58 bits per heavy atom. The minimum absolute atomic E-state index is 0.00491. The Bertz CT molecular complexity index is 3980. The van der Waals surface area contributed by atoms with Crippen LogP contribution in [-0.2, 0) is 46.5 Å². The molecule has 7 aromatic rings. The lowest BCUT2D eigenvalue weighted by Crippen LogP contribution is -2.49. The van der Waals surface area contributed by atoms with E-state index in [0.717, 1.165) is 29.2 Å². The molecule has 0 spiro atoms. The van der Waals surface area contributed by atoms with Gasteiger partial charge in [0.2, 0.25) is 15.0 Å². The Hall–Kier alpha value is -8.25. The van der Waals surface area contributed by atoms with Gasteiger partial charge in [0.1, 0.15) is 79.7 Å². The molecule has 25 heteroatoms. The average Bonchev–Trinajstić information content (AvgIpc) is 1.73. The Morgan fingerprint density at radius 1 is 0.690 bits per heavy atom. The third kappa shape index (κ3) is 14.0. The molecule has 4 aromatic heterocycles. The van der Waals surface area contributed by atoms with Crippen LogP contribution in [0.5, 0.6) is 17.5 Å². The van der Waals surface area contributed by atoms with E-state index in [2.05, 4.69) is 27.8 Å². The van der Waals surface area contributed by atoms with Crippen molar-refractivity contribution in [1.82, 2.24) is 38.9 Å². The van der Waals surface area contributed by atoms with Gasteiger partial charge in [-0.15, -0.1) is 0 Å². The second-order valence-corrected chi connectivity index (χ2v) is 25.3. The maximum Gasteiger partial charge on any atom is 0.407 e. The molecule has 0 aliphatic carbocycles. The molecule has 0 saturated carbocycles. The molecule has 2 aliphatic rings. The Balaban J connectivity index is 0.000000221. The number of sulfone groups is 1. The van der Waals surface area contributed by atoms with Crippen molar-refractivity contribution in [2.75, 3.05) is 48.8 Å². The van der Waals surface area contributed by atoms with E-state index in [1.54, 1.807) is 73.4 Å². The Kier molecular flexibility index (Phi) is 18.6. The first-order valence-corrected chi connectivity index (χ1v) is 30.0. The summed E-state index contributed by atoms with van der Waals surface area (Å²) >= 11 is 13.0. The average molecular weight is 1210 g/mol. The quantitative estimate of drug-likeness (QED) is 0.102. The highest BCUT2D eigenvalue weighted by molar-refractivity contribution is 7.90. The number of alkyl carbamates (subject to hydrolysis) is 2. The molecule has 444 valence electrons. The summed E-state index contributed by atoms with van der Waals surface area (Å²) in [4.78, 5) is 65.7. The van der Waals surface area contributed by atoms with Crippen molar-refractivity contribution in [1.29, 1.82) is 10.5 Å². The molecule has 22 nitrogen and oxygen atoms in total. The number of hydrogen-bond donors (Lipinski definition) is 2. The number of nitrogens with zero attached hydrogens (tertiary/aromatic N) is 10. The van der Waals surface area contributed by atoms with Crippen molar-refractivity contribution < 1.29 is 37.0 Å². The molecule has 2 N–H and O–H groups in total. The normalized spacial score (nSPS) is 15.6. The first-order chi connectivity index (χ1) is 39.7. The van der Waals surface area contributed by atoms with Crippen LogP contribution in [0.25, 0.3) is 22.1 Å². The number of ether oxygens (including phenoxy) is 4. The third-order valence-electron chi connectivity index (χ3n) is 13.8. The highest BCUT2D eigenvalue weighted by Gasteiger charge is 2.35. The van der Waals surface area contributed by atoms with E-state index in [4.69, 9.17) is 47.1 Å². The number of aromatic nitrogens is 6. The zero-order chi connectivity index (χ0) is 61.0. The molecule has 9 rings (SSSR count). The van der Waals surface area contributed by atoms with Gasteiger partial charge in [0.15, 0.2) is 0 Å². The lowest BCUT2D eigenvalue weighted by Gasteiger charge is -2.35. The standard InChI is InChI=1S/C33H37ClN6O5.C26H31ClN6O5S/c1-6-43-23-13-9-14-24(17-23)44-31-37-27-25(18-35)29(39-16-10-12-22(20-39)36-32(42)45-33(2,3)4)40(28(27)30(41)38(31)5)19-21-11-7-8-15-26(21)34;1-26(2,3)38-25(35)29-17-10-8-12-32(15-17)22-18(13-28)20-21(23(34)31(4)24(30-20)39(5,36)37)33(22)14-16-9-6-7-11-19(16)27/h7-9,11,13-15,17,22H,6,10,12,16,19-20H2,1-5H3,(H,36,42);6-7,9,11,17H,8,10,12,14-15H2,1-5H3,(H,29,35)/t22-;17-/m11/s1. The van der Waals surface area contributed by atoms with Crippen molar-refractivity contribution in [3.8, 4) is 29.6 Å². The fraction of sp³-hybridized carbons (Fsp3) is 0.424. The summed E-state index contributed by atoms with van der Waals surface area (Å²) in [6.07, 6.45) is 2.79. The Morgan fingerprint density at radius 2 is 1.14 bits per heavy atom. The van der Waals surface area contributed by atoms with Gasteiger partial charge >= 0.3 is 18.2 Å². The lowest BCUT2D eigenvalue weighted by molar-refractivity contribution is 0.0488. The molecule has 2 atom stereocenters. The predicted molar refractivity (Wildman–Crippen MR) is 320 cm³/mol. The van der Waals surface area contributed by atoms with E-state index in [9.17, 15) is 38.1 Å². The van der Waals surface area contributed by atoms with Gasteiger partial charge in [-0.05, 0) is 110 Å². The molecule has 2 aliphatic heterocycles. The van der Waals surface area contributed by atoms with Gasteiger partial charge < -0.3 is 48.5 Å². The summed E-state index contributed by atoms with van der Waals surface area (Å²) < 4.78 is 53.2. The number of carbonyl (C=O) groups excluding carboxylic acids is 2. The van der Waals surface area contributed by atoms with E-state index in [-0.39, 0.29) is 69.9 Å². The number of hydrogen-bond acceptors (Lipinski definition) is 16. The number of anilines is 2. The second kappa shape index (κ2) is 25.3. The van der Waals surface area contributed by atoms with Crippen molar-refractivity contribution in [3.63, 3.8) is 0 Å². The van der Waals surface area contributed by atoms with Crippen molar-refractivity contribution in [2.24, 2.45) is 14.1 Å². The number of fused-ring (bicyclic) bond motifs is 2. The molecule has 2 fully saturated rings. The number of halogens is 2. The SMILES string of the molecule is CCOc1cccc(Oc2nc3c(C#N)c(N4CCC[C@@H](NC(=O)OC(C)(C)C)C4)n(Cc4ccccc4Cl)c3c(=O)n2C)c1.Cn1c(S(C)(=O)=O)nc2c(C#N)c(N3CCC[C@@H](NC(=O)OC(C)(C)C)C3)n(Cc3ccccc3Cl)c2c1=O. The summed E-state index contributed by atoms with van der Waals surface area (Å²) in [6.45, 7) is 15.4. The van der Waals surface area contributed by atoms with Crippen LogP contribution in [0.1, 0.15) is 96.4 Å². The fourth-order valence-electron chi connectivity index (χ4n) is 10.3. The van der Waals surface area contributed by atoms with Crippen LogP contribution in [-0.4, -0.2) is 111 Å². The number of nitriles is 2. The van der Waals surface area contributed by atoms with E-state index in [0.29, 0.717) is 84.4 Å². The molecular weight excluding hydrogens is 1140 g/mol. The molecule has 0 unspecified atom stereocenters. The third-order valence-corrected chi connectivity index (χ3v) is 15.5. The molecular formula is C59H68Cl2N12O10S. The van der Waals surface area contributed by atoms with Crippen LogP contribution in [0.2, 0.25) is 10.0 Å². The van der Waals surface area contributed by atoms with Crippen LogP contribution in [0.15, 0.2) is 87.5 Å². The number of piperidine rings is 2. The second-order valence-electron chi connectivity index (χ2n) is 22.5. The van der Waals surface area contributed by atoms with Crippen molar-refractivity contribution in [3.05, 3.63) is 126 Å². The minimum atomic E-state index is -3.87. The molecule has 0 radical (unpaired) electrons. The van der Waals surface area contributed by atoms with Gasteiger partial charge in [-0.2, -0.15) is 15.5 Å². The van der Waals surface area contributed by atoms with Gasteiger partial charge in [0, 0.05) is 74.7 Å². The van der Waals surface area contributed by atoms with Gasteiger partial charge in [-0.1, -0.05) is 65.7 Å². The highest BCUT2D eigenvalue weighted by Crippen LogP contribution is 2.37. The van der Waals surface area contributed by atoms with Crippen LogP contribution >= 0.6 is 23.2 Å². The van der Waals surface area contributed by atoms with Gasteiger partial charge in [-0.3, -0.25) is 18.7 Å². The first-order valence-electron chi connectivity index (χ1n) is 27.3. The van der Waals surface area contributed by atoms with Gasteiger partial charge in [0.25, 0.3) is 11.1 Å². The maximum atomic E-state index is 14.1. The highest BCUT2D eigenvalue weighted by atomic mass is 35.5. The van der Waals surface area contributed by atoms with Gasteiger partial charge in [0.05, 0.1) is 19.7 Å². The van der Waals surface area contributed by atoms with E-state index in [1.165, 1.54) is 11.6 Å². The molecule has 6 heterocycles. The minimum Gasteiger partial charge on any atom is -0.494 e. The molecule has 3 aromatic carbocycles. The molecule has 84 heavy (non-hydrogen) atoms. The van der Waals surface area contributed by atoms with Crippen LogP contribution in [0.4, 0.5) is 21.2 Å². The maximum absolute atomic E-state index is 14.1. The number of rotatable bonds is 13. The molecule has 2 amide bonds. The lowest BCUT2D eigenvalue weighted by atomic mass is 10.1. The summed E-state index contributed by atoms with van der Waals surface area (Å²) in [5, 5.41) is 27.3. The van der Waals surface area contributed by atoms with Crippen molar-refractivity contribution in [2.45, 2.75) is 116 Å². The fourth-order valence-corrected chi connectivity index (χ4v) is 11.5. The smallest absolute Gasteiger partial charge is 0.407 e. The molecule has 0 bridgehead atoms.